The van der Waals surface area contributed by atoms with Gasteiger partial charge in [0.05, 0.1) is 10.6 Å². The second-order valence-corrected chi connectivity index (χ2v) is 7.24. The highest BCUT2D eigenvalue weighted by Crippen LogP contribution is 2.21. The van der Waals surface area contributed by atoms with Crippen LogP contribution in [0.3, 0.4) is 0 Å². The maximum absolute atomic E-state index is 13.3. The number of benzene rings is 2. The molecule has 21 heavy (non-hydrogen) atoms. The fraction of sp³-hybridized carbons (Fsp3) is 0.143. The Morgan fingerprint density at radius 2 is 1.86 bits per heavy atom. The number of halogens is 2. The lowest BCUT2D eigenvalue weighted by molar-refractivity contribution is 0.579. The van der Waals surface area contributed by atoms with Crippen LogP contribution >= 0.6 is 15.9 Å². The zero-order valence-electron chi connectivity index (χ0n) is 11.2. The summed E-state index contributed by atoms with van der Waals surface area (Å²) in [4.78, 5) is -0.0153. The van der Waals surface area contributed by atoms with Crippen LogP contribution < -0.4 is 10.5 Å². The van der Waals surface area contributed by atoms with Gasteiger partial charge in [-0.25, -0.2) is 17.5 Å². The van der Waals surface area contributed by atoms with E-state index < -0.39 is 15.8 Å². The van der Waals surface area contributed by atoms with E-state index >= 15 is 0 Å². The molecule has 7 heteroatoms. The molecule has 4 nitrogen and oxygen atoms in total. The molecule has 0 aliphatic carbocycles. The molecule has 0 saturated carbocycles. The SMILES string of the molecule is Cc1cc(F)c(N)cc1S(=O)(=O)NCc1ccc(Br)cc1. The van der Waals surface area contributed by atoms with Gasteiger partial charge < -0.3 is 5.73 Å². The van der Waals surface area contributed by atoms with Crippen LogP contribution in [-0.2, 0) is 16.6 Å². The average molecular weight is 373 g/mol. The number of nitrogen functional groups attached to an aromatic ring is 1. The largest absolute Gasteiger partial charge is 0.396 e. The first kappa shape index (κ1) is 15.9. The van der Waals surface area contributed by atoms with Crippen LogP contribution in [0.2, 0.25) is 0 Å². The fourth-order valence-corrected chi connectivity index (χ4v) is 3.36. The number of nitrogens with one attached hydrogen (secondary N) is 1. The van der Waals surface area contributed by atoms with Crippen molar-refractivity contribution in [1.82, 2.24) is 4.72 Å². The molecule has 0 unspecified atom stereocenters. The van der Waals surface area contributed by atoms with Crippen molar-refractivity contribution in [2.75, 3.05) is 5.73 Å². The van der Waals surface area contributed by atoms with Gasteiger partial charge in [0, 0.05) is 11.0 Å². The van der Waals surface area contributed by atoms with Gasteiger partial charge in [0.25, 0.3) is 0 Å². The predicted molar refractivity (Wildman–Crippen MR) is 83.7 cm³/mol. The Balaban J connectivity index is 2.22. The first-order valence-electron chi connectivity index (χ1n) is 6.09. The summed E-state index contributed by atoms with van der Waals surface area (Å²) in [6, 6.07) is 9.50. The molecule has 2 aromatic carbocycles. The second-order valence-electron chi connectivity index (χ2n) is 4.59. The fourth-order valence-electron chi connectivity index (χ4n) is 1.82. The number of sulfonamides is 1. The van der Waals surface area contributed by atoms with Crippen molar-refractivity contribution in [2.45, 2.75) is 18.4 Å². The molecule has 0 spiro atoms. The van der Waals surface area contributed by atoms with Crippen molar-refractivity contribution in [3.63, 3.8) is 0 Å². The van der Waals surface area contributed by atoms with E-state index in [0.29, 0.717) is 5.56 Å². The lowest BCUT2D eigenvalue weighted by Crippen LogP contribution is -2.24. The molecule has 0 atom stereocenters. The van der Waals surface area contributed by atoms with E-state index in [4.69, 9.17) is 5.73 Å². The summed E-state index contributed by atoms with van der Waals surface area (Å²) >= 11 is 3.31. The summed E-state index contributed by atoms with van der Waals surface area (Å²) in [7, 11) is -3.75. The summed E-state index contributed by atoms with van der Waals surface area (Å²) in [5.41, 5.74) is 6.37. The number of hydrogen-bond acceptors (Lipinski definition) is 3. The van der Waals surface area contributed by atoms with Gasteiger partial charge in [0.2, 0.25) is 10.0 Å². The minimum absolute atomic E-state index is 0.0153. The highest BCUT2D eigenvalue weighted by atomic mass is 79.9. The van der Waals surface area contributed by atoms with Crippen LogP contribution in [0.1, 0.15) is 11.1 Å². The normalized spacial score (nSPS) is 11.6. The molecule has 0 radical (unpaired) electrons. The summed E-state index contributed by atoms with van der Waals surface area (Å²) in [6.07, 6.45) is 0. The van der Waals surface area contributed by atoms with Gasteiger partial charge in [-0.3, -0.25) is 0 Å². The third kappa shape index (κ3) is 3.81. The van der Waals surface area contributed by atoms with E-state index in [-0.39, 0.29) is 17.1 Å². The molecule has 0 saturated heterocycles. The van der Waals surface area contributed by atoms with E-state index in [2.05, 4.69) is 20.7 Å². The molecule has 3 N–H and O–H groups in total. The third-order valence-electron chi connectivity index (χ3n) is 2.96. The molecule has 0 bridgehead atoms. The third-order valence-corrected chi connectivity index (χ3v) is 5.04. The Hall–Kier alpha value is -1.44. The number of rotatable bonds is 4. The minimum atomic E-state index is -3.75. The maximum atomic E-state index is 13.3. The molecule has 0 aliphatic rings. The minimum Gasteiger partial charge on any atom is -0.396 e. The Labute approximate surface area is 131 Å². The lowest BCUT2D eigenvalue weighted by Gasteiger charge is -2.11. The molecule has 0 fully saturated rings. The number of nitrogens with two attached hydrogens (primary N) is 1. The van der Waals surface area contributed by atoms with Gasteiger partial charge in [-0.1, -0.05) is 28.1 Å². The molecule has 2 aromatic rings. The highest BCUT2D eigenvalue weighted by Gasteiger charge is 2.18. The van der Waals surface area contributed by atoms with Crippen LogP contribution in [0, 0.1) is 12.7 Å². The molecular formula is C14H14BrFN2O2S. The molecule has 2 rings (SSSR count). The van der Waals surface area contributed by atoms with Crippen molar-refractivity contribution in [1.29, 1.82) is 0 Å². The van der Waals surface area contributed by atoms with Crippen molar-refractivity contribution >= 4 is 31.6 Å². The molecule has 0 heterocycles. The summed E-state index contributed by atoms with van der Waals surface area (Å²) < 4.78 is 41.2. The highest BCUT2D eigenvalue weighted by molar-refractivity contribution is 9.10. The molecular weight excluding hydrogens is 359 g/mol. The topological polar surface area (TPSA) is 72.2 Å². The van der Waals surface area contributed by atoms with Crippen molar-refractivity contribution in [2.24, 2.45) is 0 Å². The molecule has 0 aliphatic heterocycles. The zero-order valence-corrected chi connectivity index (χ0v) is 13.6. The lowest BCUT2D eigenvalue weighted by atomic mass is 10.2. The summed E-state index contributed by atoms with van der Waals surface area (Å²) in [6.45, 7) is 1.67. The zero-order chi connectivity index (χ0) is 15.6. The Bertz CT molecular complexity index is 761. The van der Waals surface area contributed by atoms with Gasteiger partial charge >= 0.3 is 0 Å². The van der Waals surface area contributed by atoms with Crippen molar-refractivity contribution in [3.05, 3.63) is 57.8 Å². The second kappa shape index (κ2) is 6.13. The number of anilines is 1. The van der Waals surface area contributed by atoms with Crippen LogP contribution in [-0.4, -0.2) is 8.42 Å². The maximum Gasteiger partial charge on any atom is 0.241 e. The molecule has 0 amide bonds. The van der Waals surface area contributed by atoms with Gasteiger partial charge in [0.15, 0.2) is 0 Å². The predicted octanol–water partition coefficient (Wildman–Crippen LogP) is 2.96. The van der Waals surface area contributed by atoms with Crippen molar-refractivity contribution in [3.8, 4) is 0 Å². The van der Waals surface area contributed by atoms with E-state index in [9.17, 15) is 12.8 Å². The smallest absolute Gasteiger partial charge is 0.241 e. The first-order valence-corrected chi connectivity index (χ1v) is 8.37. The average Bonchev–Trinajstić information content (AvgIpc) is 2.42. The summed E-state index contributed by atoms with van der Waals surface area (Å²) in [5, 5.41) is 0. The number of hydrogen-bond donors (Lipinski definition) is 2. The standard InChI is InChI=1S/C14H14BrFN2O2S/c1-9-6-12(16)13(17)7-14(9)21(19,20)18-8-10-2-4-11(15)5-3-10/h2-7,18H,8,17H2,1H3. The van der Waals surface area contributed by atoms with Gasteiger partial charge in [-0.15, -0.1) is 0 Å². The Morgan fingerprint density at radius 3 is 2.48 bits per heavy atom. The molecule has 0 aromatic heterocycles. The first-order chi connectivity index (χ1) is 9.79. The van der Waals surface area contributed by atoms with E-state index in [1.54, 1.807) is 12.1 Å². The van der Waals surface area contributed by atoms with Crippen LogP contribution in [0.5, 0.6) is 0 Å². The summed E-state index contributed by atoms with van der Waals surface area (Å²) in [5.74, 6) is -0.626. The van der Waals surface area contributed by atoms with E-state index in [1.165, 1.54) is 6.92 Å². The molecule has 112 valence electrons. The van der Waals surface area contributed by atoms with Crippen molar-refractivity contribution < 1.29 is 12.8 Å². The van der Waals surface area contributed by atoms with Gasteiger partial charge in [0.1, 0.15) is 5.82 Å². The monoisotopic (exact) mass is 372 g/mol. The van der Waals surface area contributed by atoms with Crippen LogP contribution in [0.25, 0.3) is 0 Å². The Morgan fingerprint density at radius 1 is 1.24 bits per heavy atom. The number of aryl methyl sites for hydroxylation is 1. The van der Waals surface area contributed by atoms with Gasteiger partial charge in [-0.05, 0) is 42.3 Å². The van der Waals surface area contributed by atoms with Crippen LogP contribution in [0.15, 0.2) is 45.8 Å². The van der Waals surface area contributed by atoms with Gasteiger partial charge in [-0.2, -0.15) is 0 Å². The quantitative estimate of drug-likeness (QED) is 0.810. The Kier molecular flexibility index (Phi) is 4.65. The van der Waals surface area contributed by atoms with E-state index in [0.717, 1.165) is 22.2 Å². The van der Waals surface area contributed by atoms with Crippen LogP contribution in [0.4, 0.5) is 10.1 Å². The van der Waals surface area contributed by atoms with E-state index in [1.807, 2.05) is 12.1 Å².